The van der Waals surface area contributed by atoms with Crippen LogP contribution >= 0.6 is 0 Å². The van der Waals surface area contributed by atoms with E-state index in [1.807, 2.05) is 12.3 Å². The molecule has 0 unspecified atom stereocenters. The Morgan fingerprint density at radius 1 is 1.29 bits per heavy atom. The number of H-pyrrole nitrogens is 1. The number of nitrogens with zero attached hydrogens (tertiary/aromatic N) is 4. The monoisotopic (exact) mass is 324 g/mol. The molecule has 8 heteroatoms. The van der Waals surface area contributed by atoms with Gasteiger partial charge in [0.2, 0.25) is 5.95 Å². The third-order valence-corrected chi connectivity index (χ3v) is 4.82. The predicted molar refractivity (Wildman–Crippen MR) is 91.9 cm³/mol. The summed E-state index contributed by atoms with van der Waals surface area (Å²) >= 11 is 0. The number of fused-ring (bicyclic) bond motifs is 1. The Kier molecular flexibility index (Phi) is 2.99. The Morgan fingerprint density at radius 2 is 2.21 bits per heavy atom. The molecule has 3 aromatic heterocycles. The molecular weight excluding hydrogens is 304 g/mol. The summed E-state index contributed by atoms with van der Waals surface area (Å²) in [4.78, 5) is 4.45. The van der Waals surface area contributed by atoms with Crippen LogP contribution in [-0.4, -0.2) is 43.9 Å². The van der Waals surface area contributed by atoms with Crippen molar-refractivity contribution in [2.24, 2.45) is 0 Å². The summed E-state index contributed by atoms with van der Waals surface area (Å²) in [5, 5.41) is 18.8. The van der Waals surface area contributed by atoms with Crippen molar-refractivity contribution < 1.29 is 0 Å². The number of hydrogen-bond acceptors (Lipinski definition) is 6. The zero-order valence-electron chi connectivity index (χ0n) is 13.3. The maximum Gasteiger partial charge on any atom is 0.240 e. The minimum absolute atomic E-state index is 0.263. The summed E-state index contributed by atoms with van der Waals surface area (Å²) < 4.78 is 1.79. The highest BCUT2D eigenvalue weighted by Crippen LogP contribution is 2.40. The SMILES string of the molecule is Nc1nc(N[C@@H]2CCNC2)c2c(-c3cc(C4CC4)[nH]n3)ccn2n1. The average molecular weight is 324 g/mol. The molecule has 124 valence electrons. The van der Waals surface area contributed by atoms with Gasteiger partial charge >= 0.3 is 0 Å². The van der Waals surface area contributed by atoms with Gasteiger partial charge in [0, 0.05) is 36.0 Å². The zero-order chi connectivity index (χ0) is 16.1. The van der Waals surface area contributed by atoms with E-state index in [2.05, 4.69) is 37.0 Å². The van der Waals surface area contributed by atoms with Gasteiger partial charge in [-0.05, 0) is 37.9 Å². The lowest BCUT2D eigenvalue weighted by molar-refractivity contribution is 0.784. The van der Waals surface area contributed by atoms with Gasteiger partial charge in [0.15, 0.2) is 5.82 Å². The van der Waals surface area contributed by atoms with Gasteiger partial charge in [-0.1, -0.05) is 0 Å². The molecule has 2 fully saturated rings. The van der Waals surface area contributed by atoms with Crippen molar-refractivity contribution >= 4 is 17.3 Å². The van der Waals surface area contributed by atoms with Crippen LogP contribution < -0.4 is 16.4 Å². The summed E-state index contributed by atoms with van der Waals surface area (Å²) in [6, 6.07) is 4.52. The van der Waals surface area contributed by atoms with Crippen molar-refractivity contribution in [3.63, 3.8) is 0 Å². The van der Waals surface area contributed by atoms with Crippen molar-refractivity contribution in [1.82, 2.24) is 30.1 Å². The van der Waals surface area contributed by atoms with E-state index in [-0.39, 0.29) is 5.95 Å². The Morgan fingerprint density at radius 3 is 3.00 bits per heavy atom. The molecule has 0 aromatic carbocycles. The maximum atomic E-state index is 5.88. The summed E-state index contributed by atoms with van der Waals surface area (Å²) in [5.41, 5.74) is 9.97. The number of nitrogens with one attached hydrogen (secondary N) is 3. The van der Waals surface area contributed by atoms with Gasteiger partial charge in [0.25, 0.3) is 0 Å². The number of nitrogen functional groups attached to an aromatic ring is 1. The number of anilines is 2. The molecule has 2 aliphatic rings. The van der Waals surface area contributed by atoms with Crippen LogP contribution in [0.5, 0.6) is 0 Å². The maximum absolute atomic E-state index is 5.88. The van der Waals surface area contributed by atoms with Crippen LogP contribution in [0.4, 0.5) is 11.8 Å². The van der Waals surface area contributed by atoms with E-state index >= 15 is 0 Å². The second-order valence-corrected chi connectivity index (χ2v) is 6.66. The first-order valence-corrected chi connectivity index (χ1v) is 8.46. The average Bonchev–Trinajstić information content (AvgIpc) is 2.99. The number of hydrogen-bond donors (Lipinski definition) is 4. The lowest BCUT2D eigenvalue weighted by Gasteiger charge is -2.14. The lowest BCUT2D eigenvalue weighted by atomic mass is 10.1. The smallest absolute Gasteiger partial charge is 0.240 e. The van der Waals surface area contributed by atoms with Crippen molar-refractivity contribution in [2.45, 2.75) is 31.2 Å². The largest absolute Gasteiger partial charge is 0.366 e. The van der Waals surface area contributed by atoms with E-state index in [4.69, 9.17) is 5.73 Å². The quantitative estimate of drug-likeness (QED) is 0.577. The fraction of sp³-hybridized carbons (Fsp3) is 0.438. The first-order chi connectivity index (χ1) is 11.8. The van der Waals surface area contributed by atoms with Gasteiger partial charge in [-0.2, -0.15) is 10.1 Å². The summed E-state index contributed by atoms with van der Waals surface area (Å²) in [5.74, 6) is 1.68. The molecule has 4 heterocycles. The molecule has 0 amide bonds. The van der Waals surface area contributed by atoms with E-state index in [9.17, 15) is 0 Å². The molecule has 3 aromatic rings. The second kappa shape index (κ2) is 5.20. The third-order valence-electron chi connectivity index (χ3n) is 4.82. The van der Waals surface area contributed by atoms with Crippen molar-refractivity contribution in [3.05, 3.63) is 24.0 Å². The molecule has 24 heavy (non-hydrogen) atoms. The Hall–Kier alpha value is -2.61. The van der Waals surface area contributed by atoms with Crippen LogP contribution in [0, 0.1) is 0 Å². The topological polar surface area (TPSA) is 109 Å². The molecule has 5 rings (SSSR count). The normalized spacial score (nSPS) is 20.8. The Labute approximate surface area is 138 Å². The summed E-state index contributed by atoms with van der Waals surface area (Å²) in [6.07, 6.45) is 5.48. The van der Waals surface area contributed by atoms with Gasteiger partial charge in [0.05, 0.1) is 5.69 Å². The molecule has 0 spiro atoms. The van der Waals surface area contributed by atoms with Crippen LogP contribution in [0.25, 0.3) is 16.8 Å². The zero-order valence-corrected chi connectivity index (χ0v) is 13.3. The fourth-order valence-corrected chi connectivity index (χ4v) is 3.40. The van der Waals surface area contributed by atoms with E-state index in [1.165, 1.54) is 18.5 Å². The molecule has 5 N–H and O–H groups in total. The molecule has 1 aliphatic carbocycles. The Bertz CT molecular complexity index is 885. The highest BCUT2D eigenvalue weighted by molar-refractivity contribution is 5.87. The molecule has 8 nitrogen and oxygen atoms in total. The van der Waals surface area contributed by atoms with Crippen LogP contribution in [0.3, 0.4) is 0 Å². The minimum Gasteiger partial charge on any atom is -0.366 e. The second-order valence-electron chi connectivity index (χ2n) is 6.66. The first kappa shape index (κ1) is 13.8. The van der Waals surface area contributed by atoms with Gasteiger partial charge in [0.1, 0.15) is 5.52 Å². The van der Waals surface area contributed by atoms with Gasteiger partial charge < -0.3 is 16.4 Å². The predicted octanol–water partition coefficient (Wildman–Crippen LogP) is 1.35. The van der Waals surface area contributed by atoms with Gasteiger partial charge in [-0.3, -0.25) is 5.10 Å². The van der Waals surface area contributed by atoms with Crippen molar-refractivity contribution in [3.8, 4) is 11.3 Å². The third kappa shape index (κ3) is 2.30. The van der Waals surface area contributed by atoms with E-state index < -0.39 is 0 Å². The van der Waals surface area contributed by atoms with Crippen molar-refractivity contribution in [1.29, 1.82) is 0 Å². The van der Waals surface area contributed by atoms with E-state index in [1.54, 1.807) is 4.52 Å². The molecule has 1 saturated heterocycles. The van der Waals surface area contributed by atoms with Gasteiger partial charge in [-0.25, -0.2) is 4.52 Å². The number of aromatic amines is 1. The molecular formula is C16H20N8. The van der Waals surface area contributed by atoms with Crippen LogP contribution in [0.15, 0.2) is 18.3 Å². The minimum atomic E-state index is 0.263. The molecule has 0 radical (unpaired) electrons. The molecule has 0 bridgehead atoms. The highest BCUT2D eigenvalue weighted by atomic mass is 15.3. The van der Waals surface area contributed by atoms with Gasteiger partial charge in [-0.15, -0.1) is 5.10 Å². The van der Waals surface area contributed by atoms with E-state index in [0.717, 1.165) is 42.1 Å². The number of rotatable bonds is 4. The number of aromatic nitrogens is 5. The van der Waals surface area contributed by atoms with Crippen LogP contribution in [0.2, 0.25) is 0 Å². The highest BCUT2D eigenvalue weighted by Gasteiger charge is 2.26. The summed E-state index contributed by atoms with van der Waals surface area (Å²) in [6.45, 7) is 1.95. The molecule has 1 atom stereocenters. The Balaban J connectivity index is 1.59. The lowest BCUT2D eigenvalue weighted by Crippen LogP contribution is -2.23. The molecule has 1 aliphatic heterocycles. The first-order valence-electron chi connectivity index (χ1n) is 8.46. The molecule has 1 saturated carbocycles. The standard InChI is InChI=1S/C16H20N8/c17-16-20-15(19-10-3-5-18-8-10)14-11(4-6-24(14)23-16)13-7-12(21-22-13)9-1-2-9/h4,6-7,9-10,18H,1-3,5,8H2,(H,21,22)(H3,17,19,20,23)/t10-/m1/s1. The summed E-state index contributed by atoms with van der Waals surface area (Å²) in [7, 11) is 0. The van der Waals surface area contributed by atoms with Crippen LogP contribution in [0.1, 0.15) is 30.9 Å². The van der Waals surface area contributed by atoms with Crippen molar-refractivity contribution in [2.75, 3.05) is 24.1 Å². The van der Waals surface area contributed by atoms with E-state index in [0.29, 0.717) is 12.0 Å². The number of nitrogens with two attached hydrogens (primary N) is 1. The fourth-order valence-electron chi connectivity index (χ4n) is 3.40. The van der Waals surface area contributed by atoms with Crippen LogP contribution in [-0.2, 0) is 0 Å².